The Morgan fingerprint density at radius 3 is 2.59 bits per heavy atom. The van der Waals surface area contributed by atoms with Crippen molar-refractivity contribution < 1.29 is 14.6 Å². The molecular weight excluding hydrogens is 483 g/mol. The number of phenols is 1. The molecule has 0 aliphatic carbocycles. The number of methoxy groups -OCH3 is 1. The molecule has 1 aromatic rings. The van der Waals surface area contributed by atoms with Crippen molar-refractivity contribution in [3.05, 3.63) is 23.8 Å². The summed E-state index contributed by atoms with van der Waals surface area (Å²) in [5.41, 5.74) is 0.887. The number of rotatable bonds is 9. The molecule has 3 N–H and O–H groups in total. The highest BCUT2D eigenvalue weighted by Gasteiger charge is 2.23. The number of aliphatic imine (C=N–C) groups is 1. The fraction of sp³-hybridized carbons (Fsp3) is 0.667. The predicted molar refractivity (Wildman–Crippen MR) is 129 cm³/mol. The molecule has 1 aliphatic heterocycles. The highest BCUT2D eigenvalue weighted by atomic mass is 127. The van der Waals surface area contributed by atoms with E-state index in [1.54, 1.807) is 13.2 Å². The minimum absolute atomic E-state index is 0. The molecule has 1 fully saturated rings. The van der Waals surface area contributed by atoms with Gasteiger partial charge in [-0.05, 0) is 30.9 Å². The van der Waals surface area contributed by atoms with Crippen molar-refractivity contribution in [1.29, 1.82) is 0 Å². The number of aromatic hydroxyl groups is 1. The predicted octanol–water partition coefficient (Wildman–Crippen LogP) is 2.47. The van der Waals surface area contributed by atoms with E-state index in [0.717, 1.165) is 50.9 Å². The maximum Gasteiger partial charge on any atom is 0.191 e. The van der Waals surface area contributed by atoms with Gasteiger partial charge in [0.1, 0.15) is 11.5 Å². The van der Waals surface area contributed by atoms with Gasteiger partial charge in [-0.2, -0.15) is 0 Å². The van der Waals surface area contributed by atoms with E-state index in [4.69, 9.17) is 14.5 Å². The lowest BCUT2D eigenvalue weighted by atomic mass is 10.0. The van der Waals surface area contributed by atoms with Crippen LogP contribution in [0.15, 0.2) is 23.2 Å². The molecule has 0 spiro atoms. The topological polar surface area (TPSA) is 78.4 Å². The molecule has 0 saturated carbocycles. The Hall–Kier alpha value is -1.26. The molecule has 1 unspecified atom stereocenters. The van der Waals surface area contributed by atoms with Crippen molar-refractivity contribution in [3.63, 3.8) is 0 Å². The van der Waals surface area contributed by atoms with Crippen molar-refractivity contribution in [3.8, 4) is 11.5 Å². The van der Waals surface area contributed by atoms with Gasteiger partial charge in [-0.25, -0.2) is 0 Å². The third kappa shape index (κ3) is 8.55. The fourth-order valence-electron chi connectivity index (χ4n) is 3.38. The van der Waals surface area contributed by atoms with Crippen LogP contribution in [0, 0.1) is 5.92 Å². The normalized spacial score (nSPS) is 16.2. The zero-order valence-corrected chi connectivity index (χ0v) is 20.4. The Balaban J connectivity index is 0.00000420. The van der Waals surface area contributed by atoms with Crippen molar-refractivity contribution in [2.45, 2.75) is 33.2 Å². The molecule has 1 saturated heterocycles. The van der Waals surface area contributed by atoms with E-state index in [1.807, 2.05) is 12.1 Å². The maximum atomic E-state index is 10.1. The first-order valence-corrected chi connectivity index (χ1v) is 10.2. The highest BCUT2D eigenvalue weighted by molar-refractivity contribution is 14.0. The molecule has 29 heavy (non-hydrogen) atoms. The Morgan fingerprint density at radius 2 is 2.00 bits per heavy atom. The number of guanidine groups is 1. The van der Waals surface area contributed by atoms with E-state index in [2.05, 4.69) is 36.3 Å². The van der Waals surface area contributed by atoms with Crippen molar-refractivity contribution in [1.82, 2.24) is 15.5 Å². The number of nitrogens with zero attached hydrogens (tertiary/aromatic N) is 2. The first kappa shape index (κ1) is 25.8. The summed E-state index contributed by atoms with van der Waals surface area (Å²) in [6.07, 6.45) is 0.706. The lowest BCUT2D eigenvalue weighted by Gasteiger charge is -2.36. The fourth-order valence-corrected chi connectivity index (χ4v) is 3.38. The van der Waals surface area contributed by atoms with Gasteiger partial charge in [0.05, 0.1) is 26.9 Å². The number of ether oxygens (including phenoxy) is 2. The van der Waals surface area contributed by atoms with Crippen molar-refractivity contribution in [2.75, 3.05) is 53.0 Å². The molecular formula is C21H37IN4O3. The Bertz CT molecular complexity index is 622. The van der Waals surface area contributed by atoms with Gasteiger partial charge in [0, 0.05) is 38.3 Å². The van der Waals surface area contributed by atoms with Crippen LogP contribution in [0.3, 0.4) is 0 Å². The molecule has 0 radical (unpaired) electrons. The number of hydrogen-bond acceptors (Lipinski definition) is 5. The minimum Gasteiger partial charge on any atom is -0.508 e. The molecule has 8 heteroatoms. The molecule has 0 amide bonds. The van der Waals surface area contributed by atoms with Gasteiger partial charge >= 0.3 is 0 Å². The molecule has 1 atom stereocenters. The van der Waals surface area contributed by atoms with Crippen LogP contribution < -0.4 is 15.4 Å². The summed E-state index contributed by atoms with van der Waals surface area (Å²) in [5, 5.41) is 16.8. The maximum absolute atomic E-state index is 10.1. The number of phenolic OH excluding ortho intramolecular Hbond substituents is 1. The van der Waals surface area contributed by atoms with Crippen LogP contribution in [-0.4, -0.2) is 75.1 Å². The third-order valence-electron chi connectivity index (χ3n) is 5.04. The molecule has 1 heterocycles. The average molecular weight is 520 g/mol. The number of benzene rings is 1. The molecule has 0 aromatic heterocycles. The quantitative estimate of drug-likeness (QED) is 0.264. The lowest BCUT2D eigenvalue weighted by molar-refractivity contribution is 0.00867. The summed E-state index contributed by atoms with van der Waals surface area (Å²) in [5.74, 6) is 2.26. The van der Waals surface area contributed by atoms with Gasteiger partial charge in [-0.3, -0.25) is 9.89 Å². The largest absolute Gasteiger partial charge is 0.508 e. The Labute approximate surface area is 192 Å². The highest BCUT2D eigenvalue weighted by Crippen LogP contribution is 2.23. The third-order valence-corrected chi connectivity index (χ3v) is 5.04. The molecule has 1 aliphatic rings. The second-order valence-electron chi connectivity index (χ2n) is 7.35. The standard InChI is InChI=1S/C21H36N4O3.HI/c1-5-22-21(23-9-8-17-6-7-18(27-4)14-20(17)26)24-15-19(16(2)3)25-10-12-28-13-11-25;/h6-7,14,16,19,26H,5,8-13,15H2,1-4H3,(H2,22,23,24);1H. The van der Waals surface area contributed by atoms with E-state index in [1.165, 1.54) is 0 Å². The van der Waals surface area contributed by atoms with E-state index in [9.17, 15) is 5.11 Å². The summed E-state index contributed by atoms with van der Waals surface area (Å²) >= 11 is 0. The number of morpholine rings is 1. The van der Waals surface area contributed by atoms with Crippen LogP contribution in [0.1, 0.15) is 26.3 Å². The lowest BCUT2D eigenvalue weighted by Crippen LogP contribution is -2.48. The van der Waals surface area contributed by atoms with Crippen LogP contribution >= 0.6 is 24.0 Å². The summed E-state index contributed by atoms with van der Waals surface area (Å²) < 4.78 is 10.6. The van der Waals surface area contributed by atoms with E-state index >= 15 is 0 Å². The van der Waals surface area contributed by atoms with Gasteiger partial charge in [0.25, 0.3) is 0 Å². The van der Waals surface area contributed by atoms with Crippen LogP contribution in [0.5, 0.6) is 11.5 Å². The van der Waals surface area contributed by atoms with Crippen LogP contribution in [0.25, 0.3) is 0 Å². The van der Waals surface area contributed by atoms with Gasteiger partial charge < -0.3 is 25.2 Å². The Morgan fingerprint density at radius 1 is 1.28 bits per heavy atom. The first-order valence-electron chi connectivity index (χ1n) is 10.2. The zero-order valence-electron chi connectivity index (χ0n) is 18.1. The zero-order chi connectivity index (χ0) is 20.4. The number of nitrogens with one attached hydrogen (secondary N) is 2. The van der Waals surface area contributed by atoms with E-state index < -0.39 is 0 Å². The second-order valence-corrected chi connectivity index (χ2v) is 7.35. The van der Waals surface area contributed by atoms with Gasteiger partial charge in [-0.15, -0.1) is 24.0 Å². The summed E-state index contributed by atoms with van der Waals surface area (Å²) in [6.45, 7) is 12.4. The molecule has 1 aromatic carbocycles. The SMILES string of the molecule is CCNC(=NCC(C(C)C)N1CCOCC1)NCCc1ccc(OC)cc1O.I. The molecule has 166 valence electrons. The minimum atomic E-state index is 0. The van der Waals surface area contributed by atoms with Gasteiger partial charge in [0.15, 0.2) is 5.96 Å². The second kappa shape index (κ2) is 13.9. The van der Waals surface area contributed by atoms with Crippen LogP contribution in [0.4, 0.5) is 0 Å². The van der Waals surface area contributed by atoms with Crippen LogP contribution in [0.2, 0.25) is 0 Å². The van der Waals surface area contributed by atoms with Gasteiger partial charge in [0.2, 0.25) is 0 Å². The molecule has 0 bridgehead atoms. The van der Waals surface area contributed by atoms with Crippen molar-refractivity contribution >= 4 is 29.9 Å². The smallest absolute Gasteiger partial charge is 0.191 e. The van der Waals surface area contributed by atoms with Crippen molar-refractivity contribution in [2.24, 2.45) is 10.9 Å². The number of hydrogen-bond donors (Lipinski definition) is 3. The summed E-state index contributed by atoms with van der Waals surface area (Å²) in [4.78, 5) is 7.30. The summed E-state index contributed by atoms with van der Waals surface area (Å²) in [6, 6.07) is 5.81. The van der Waals surface area contributed by atoms with Crippen LogP contribution in [-0.2, 0) is 11.2 Å². The van der Waals surface area contributed by atoms with Gasteiger partial charge in [-0.1, -0.05) is 19.9 Å². The molecule has 2 rings (SSSR count). The van der Waals surface area contributed by atoms with E-state index in [-0.39, 0.29) is 29.7 Å². The van der Waals surface area contributed by atoms with E-state index in [0.29, 0.717) is 30.7 Å². The Kier molecular flexibility index (Phi) is 12.3. The first-order chi connectivity index (χ1) is 13.5. The molecule has 7 nitrogen and oxygen atoms in total. The average Bonchev–Trinajstić information content (AvgIpc) is 2.69. The number of halogens is 1. The summed E-state index contributed by atoms with van der Waals surface area (Å²) in [7, 11) is 1.59. The monoisotopic (exact) mass is 520 g/mol.